The number of ether oxygens (including phenoxy) is 1. The van der Waals surface area contributed by atoms with Gasteiger partial charge in [0.2, 0.25) is 0 Å². The molecule has 1 N–H and O–H groups in total. The van der Waals surface area contributed by atoms with E-state index in [2.05, 4.69) is 22.2 Å². The van der Waals surface area contributed by atoms with Crippen molar-refractivity contribution >= 4 is 11.6 Å². The molecule has 4 nitrogen and oxygen atoms in total. The average Bonchev–Trinajstić information content (AvgIpc) is 2.45. The van der Waals surface area contributed by atoms with Crippen molar-refractivity contribution in [2.75, 3.05) is 6.54 Å². The summed E-state index contributed by atoms with van der Waals surface area (Å²) in [5.41, 5.74) is 2.10. The van der Waals surface area contributed by atoms with Crippen molar-refractivity contribution in [3.05, 3.63) is 46.7 Å². The van der Waals surface area contributed by atoms with E-state index >= 15 is 0 Å². The lowest BCUT2D eigenvalue weighted by atomic mass is 10.2. The molecule has 0 aliphatic heterocycles. The maximum Gasteiger partial charge on any atom is 0.321 e. The van der Waals surface area contributed by atoms with Crippen molar-refractivity contribution < 1.29 is 4.74 Å². The number of benzene rings is 1. The molecule has 20 heavy (non-hydrogen) atoms. The summed E-state index contributed by atoms with van der Waals surface area (Å²) in [5, 5.41) is 3.84. The minimum atomic E-state index is 0.303. The first-order chi connectivity index (χ1) is 9.69. The number of nitrogens with one attached hydrogen (secondary N) is 1. The second kappa shape index (κ2) is 7.22. The molecule has 0 unspecified atom stereocenters. The molecule has 1 aromatic heterocycles. The maximum atomic E-state index is 6.07. The summed E-state index contributed by atoms with van der Waals surface area (Å²) in [6.45, 7) is 5.86. The van der Waals surface area contributed by atoms with Crippen LogP contribution in [0, 0.1) is 6.92 Å². The van der Waals surface area contributed by atoms with Gasteiger partial charge in [0.15, 0.2) is 0 Å². The summed E-state index contributed by atoms with van der Waals surface area (Å²) >= 11 is 6.07. The summed E-state index contributed by atoms with van der Waals surface area (Å²) in [6.07, 6.45) is 4.62. The predicted molar refractivity (Wildman–Crippen MR) is 80.3 cm³/mol. The topological polar surface area (TPSA) is 47.0 Å². The summed E-state index contributed by atoms with van der Waals surface area (Å²) in [4.78, 5) is 8.38. The average molecular weight is 292 g/mol. The SMILES string of the molecule is CCCNCc1cnc(Oc2cc(C)ccc2Cl)nc1. The summed E-state index contributed by atoms with van der Waals surface area (Å²) in [6, 6.07) is 5.90. The number of halogens is 1. The van der Waals surface area contributed by atoms with Crippen LogP contribution in [0.25, 0.3) is 0 Å². The Bertz CT molecular complexity index is 558. The van der Waals surface area contributed by atoms with Crippen LogP contribution >= 0.6 is 11.6 Å². The molecule has 1 aromatic carbocycles. The zero-order valence-corrected chi connectivity index (χ0v) is 12.4. The van der Waals surface area contributed by atoms with Gasteiger partial charge in [-0.1, -0.05) is 24.6 Å². The fraction of sp³-hybridized carbons (Fsp3) is 0.333. The van der Waals surface area contributed by atoms with Gasteiger partial charge in [0.1, 0.15) is 5.75 Å². The van der Waals surface area contributed by atoms with Crippen molar-refractivity contribution in [3.8, 4) is 11.8 Å². The second-order valence-corrected chi connectivity index (χ2v) is 4.99. The molecule has 0 bridgehead atoms. The molecule has 0 saturated heterocycles. The predicted octanol–water partition coefficient (Wildman–Crippen LogP) is 3.73. The Morgan fingerprint density at radius 2 is 2.00 bits per heavy atom. The van der Waals surface area contributed by atoms with E-state index in [9.17, 15) is 0 Å². The van der Waals surface area contributed by atoms with Crippen LogP contribution in [0.1, 0.15) is 24.5 Å². The lowest BCUT2D eigenvalue weighted by Crippen LogP contribution is -2.14. The quantitative estimate of drug-likeness (QED) is 0.824. The molecule has 0 radical (unpaired) electrons. The van der Waals surface area contributed by atoms with Crippen molar-refractivity contribution in [1.29, 1.82) is 0 Å². The van der Waals surface area contributed by atoms with Crippen molar-refractivity contribution in [2.45, 2.75) is 26.8 Å². The van der Waals surface area contributed by atoms with E-state index in [0.717, 1.165) is 30.6 Å². The fourth-order valence-corrected chi connectivity index (χ4v) is 1.84. The molecule has 0 aliphatic rings. The maximum absolute atomic E-state index is 6.07. The Balaban J connectivity index is 2.01. The second-order valence-electron chi connectivity index (χ2n) is 4.59. The standard InChI is InChI=1S/C15H18ClN3O/c1-3-6-17-8-12-9-18-15(19-10-12)20-14-7-11(2)4-5-13(14)16/h4-5,7,9-10,17H,3,6,8H2,1-2H3. The largest absolute Gasteiger partial charge is 0.423 e. The molecule has 0 fully saturated rings. The van der Waals surface area contributed by atoms with Gasteiger partial charge in [-0.05, 0) is 37.6 Å². The zero-order chi connectivity index (χ0) is 14.4. The number of rotatable bonds is 6. The number of aryl methyl sites for hydroxylation is 1. The van der Waals surface area contributed by atoms with Crippen LogP contribution in [0.2, 0.25) is 5.02 Å². The molecule has 0 saturated carbocycles. The van der Waals surface area contributed by atoms with Crippen LogP contribution in [0.4, 0.5) is 0 Å². The van der Waals surface area contributed by atoms with Gasteiger partial charge in [-0.3, -0.25) is 0 Å². The van der Waals surface area contributed by atoms with Crippen LogP contribution < -0.4 is 10.1 Å². The van der Waals surface area contributed by atoms with E-state index in [1.54, 1.807) is 18.5 Å². The Hall–Kier alpha value is -1.65. The van der Waals surface area contributed by atoms with Gasteiger partial charge >= 0.3 is 6.01 Å². The molecule has 0 atom stereocenters. The third kappa shape index (κ3) is 4.18. The molecule has 0 aliphatic carbocycles. The van der Waals surface area contributed by atoms with Crippen molar-refractivity contribution in [1.82, 2.24) is 15.3 Å². The van der Waals surface area contributed by atoms with Crippen LogP contribution in [-0.4, -0.2) is 16.5 Å². The fourth-order valence-electron chi connectivity index (χ4n) is 1.68. The minimum absolute atomic E-state index is 0.303. The Morgan fingerprint density at radius 1 is 1.25 bits per heavy atom. The van der Waals surface area contributed by atoms with Gasteiger partial charge in [0.05, 0.1) is 5.02 Å². The normalized spacial score (nSPS) is 10.6. The third-order valence-electron chi connectivity index (χ3n) is 2.73. The Labute approximate surface area is 124 Å². The Kier molecular flexibility index (Phi) is 5.32. The van der Waals surface area contributed by atoms with E-state index in [0.29, 0.717) is 16.8 Å². The molecule has 0 amide bonds. The number of nitrogens with zero attached hydrogens (tertiary/aromatic N) is 2. The first-order valence-electron chi connectivity index (χ1n) is 6.64. The van der Waals surface area contributed by atoms with Crippen molar-refractivity contribution in [3.63, 3.8) is 0 Å². The molecule has 2 rings (SSSR count). The van der Waals surface area contributed by atoms with Gasteiger partial charge in [-0.25, -0.2) is 9.97 Å². The van der Waals surface area contributed by atoms with Gasteiger partial charge in [0.25, 0.3) is 0 Å². The molecule has 1 heterocycles. The molecular weight excluding hydrogens is 274 g/mol. The minimum Gasteiger partial charge on any atom is -0.423 e. The molecule has 5 heteroatoms. The molecule has 106 valence electrons. The van der Waals surface area contributed by atoms with E-state index < -0.39 is 0 Å². The lowest BCUT2D eigenvalue weighted by molar-refractivity contribution is 0.440. The van der Waals surface area contributed by atoms with Crippen LogP contribution in [-0.2, 0) is 6.54 Å². The number of hydrogen-bond acceptors (Lipinski definition) is 4. The zero-order valence-electron chi connectivity index (χ0n) is 11.7. The highest BCUT2D eigenvalue weighted by atomic mass is 35.5. The first kappa shape index (κ1) is 14.8. The van der Waals surface area contributed by atoms with E-state index in [4.69, 9.17) is 16.3 Å². The third-order valence-corrected chi connectivity index (χ3v) is 3.04. The van der Waals surface area contributed by atoms with Gasteiger partial charge in [0, 0.05) is 24.5 Å². The first-order valence-corrected chi connectivity index (χ1v) is 7.02. The lowest BCUT2D eigenvalue weighted by Gasteiger charge is -2.07. The van der Waals surface area contributed by atoms with E-state index in [1.165, 1.54) is 0 Å². The van der Waals surface area contributed by atoms with Gasteiger partial charge in [-0.2, -0.15) is 0 Å². The van der Waals surface area contributed by atoms with Crippen molar-refractivity contribution in [2.24, 2.45) is 0 Å². The smallest absolute Gasteiger partial charge is 0.321 e. The molecular formula is C15H18ClN3O. The highest BCUT2D eigenvalue weighted by Crippen LogP contribution is 2.28. The van der Waals surface area contributed by atoms with Crippen LogP contribution in [0.3, 0.4) is 0 Å². The van der Waals surface area contributed by atoms with Gasteiger partial charge < -0.3 is 10.1 Å². The molecule has 0 spiro atoms. The summed E-state index contributed by atoms with van der Waals surface area (Å²) in [5.74, 6) is 0.573. The van der Waals surface area contributed by atoms with E-state index in [1.807, 2.05) is 19.1 Å². The van der Waals surface area contributed by atoms with Crippen LogP contribution in [0.15, 0.2) is 30.6 Å². The summed E-state index contributed by atoms with van der Waals surface area (Å²) < 4.78 is 5.60. The summed E-state index contributed by atoms with van der Waals surface area (Å²) in [7, 11) is 0. The van der Waals surface area contributed by atoms with E-state index in [-0.39, 0.29) is 0 Å². The number of hydrogen-bond donors (Lipinski definition) is 1. The Morgan fingerprint density at radius 3 is 2.70 bits per heavy atom. The highest BCUT2D eigenvalue weighted by Gasteiger charge is 2.05. The highest BCUT2D eigenvalue weighted by molar-refractivity contribution is 6.32. The van der Waals surface area contributed by atoms with Crippen LogP contribution in [0.5, 0.6) is 11.8 Å². The molecule has 2 aromatic rings. The van der Waals surface area contributed by atoms with Gasteiger partial charge in [-0.15, -0.1) is 0 Å². The monoisotopic (exact) mass is 291 g/mol. The number of aromatic nitrogens is 2.